The van der Waals surface area contributed by atoms with Gasteiger partial charge in [-0.25, -0.2) is 0 Å². The number of aliphatic carboxylic acids is 1. The monoisotopic (exact) mass is 212 g/mol. The lowest BCUT2D eigenvalue weighted by Crippen LogP contribution is -2.22. The Morgan fingerprint density at radius 3 is 2.60 bits per heavy atom. The van der Waals surface area contributed by atoms with Gasteiger partial charge >= 0.3 is 5.97 Å². The molecule has 15 heavy (non-hydrogen) atoms. The van der Waals surface area contributed by atoms with Gasteiger partial charge in [0.15, 0.2) is 0 Å². The molecule has 0 saturated heterocycles. The van der Waals surface area contributed by atoms with E-state index in [9.17, 15) is 9.90 Å². The predicted molar refractivity (Wildman–Crippen MR) is 54.4 cm³/mol. The summed E-state index contributed by atoms with van der Waals surface area (Å²) >= 11 is 0. The molecule has 0 saturated carbocycles. The van der Waals surface area contributed by atoms with E-state index in [0.29, 0.717) is 5.56 Å². The first-order valence-corrected chi connectivity index (χ1v) is 4.75. The smallest absolute Gasteiger partial charge is 0.306 e. The van der Waals surface area contributed by atoms with E-state index in [1.165, 1.54) is 6.20 Å². The number of aromatic nitrogens is 2. The molecule has 1 heterocycles. The van der Waals surface area contributed by atoms with Crippen LogP contribution in [0, 0.1) is 0 Å². The molecule has 1 rings (SSSR count). The van der Waals surface area contributed by atoms with Gasteiger partial charge in [0.05, 0.1) is 24.3 Å². The maximum Gasteiger partial charge on any atom is 0.306 e. The second-order valence-electron chi connectivity index (χ2n) is 4.50. The van der Waals surface area contributed by atoms with Crippen molar-refractivity contribution < 1.29 is 15.0 Å². The molecule has 0 aromatic carbocycles. The molecule has 5 nitrogen and oxygen atoms in total. The van der Waals surface area contributed by atoms with Gasteiger partial charge in [-0.05, 0) is 20.8 Å². The van der Waals surface area contributed by atoms with Crippen LogP contribution in [0.4, 0.5) is 0 Å². The zero-order valence-corrected chi connectivity index (χ0v) is 9.14. The molecule has 0 aliphatic rings. The van der Waals surface area contributed by atoms with Crippen molar-refractivity contribution >= 4 is 5.97 Å². The van der Waals surface area contributed by atoms with Gasteiger partial charge in [-0.15, -0.1) is 0 Å². The van der Waals surface area contributed by atoms with Crippen LogP contribution < -0.4 is 0 Å². The lowest BCUT2D eigenvalue weighted by molar-refractivity contribution is -0.139. The second kappa shape index (κ2) is 4.02. The minimum absolute atomic E-state index is 0.165. The van der Waals surface area contributed by atoms with Gasteiger partial charge in [0, 0.05) is 11.8 Å². The summed E-state index contributed by atoms with van der Waals surface area (Å²) < 4.78 is 1.70. The number of aliphatic hydroxyl groups excluding tert-OH is 1. The Balaban J connectivity index is 2.80. The van der Waals surface area contributed by atoms with Crippen LogP contribution in [-0.4, -0.2) is 26.0 Å². The third-order valence-electron chi connectivity index (χ3n) is 2.04. The van der Waals surface area contributed by atoms with E-state index in [0.717, 1.165) is 0 Å². The Bertz CT molecular complexity index is 352. The van der Waals surface area contributed by atoms with Crippen molar-refractivity contribution in [1.29, 1.82) is 0 Å². The number of carboxylic acids is 1. The molecule has 0 aliphatic heterocycles. The maximum atomic E-state index is 10.4. The van der Waals surface area contributed by atoms with E-state index < -0.39 is 12.1 Å². The summed E-state index contributed by atoms with van der Waals surface area (Å²) in [6, 6.07) is 0. The van der Waals surface area contributed by atoms with Crippen molar-refractivity contribution in [2.45, 2.75) is 38.8 Å². The SMILES string of the molecule is CC(C)(C)n1cc([C@H](O)CC(=O)O)cn1. The van der Waals surface area contributed by atoms with Crippen molar-refractivity contribution in [1.82, 2.24) is 9.78 Å². The first-order chi connectivity index (χ1) is 6.80. The van der Waals surface area contributed by atoms with E-state index in [4.69, 9.17) is 5.11 Å². The van der Waals surface area contributed by atoms with Gasteiger partial charge in [-0.3, -0.25) is 9.48 Å². The summed E-state index contributed by atoms with van der Waals surface area (Å²) in [4.78, 5) is 10.4. The van der Waals surface area contributed by atoms with E-state index in [-0.39, 0.29) is 12.0 Å². The highest BCUT2D eigenvalue weighted by atomic mass is 16.4. The topological polar surface area (TPSA) is 75.4 Å². The molecule has 1 atom stereocenters. The van der Waals surface area contributed by atoms with Crippen LogP contribution in [0.25, 0.3) is 0 Å². The van der Waals surface area contributed by atoms with Gasteiger partial charge in [-0.2, -0.15) is 5.10 Å². The van der Waals surface area contributed by atoms with Gasteiger partial charge in [0.2, 0.25) is 0 Å². The van der Waals surface area contributed by atoms with E-state index >= 15 is 0 Å². The molecule has 0 bridgehead atoms. The Morgan fingerprint density at radius 2 is 2.20 bits per heavy atom. The first-order valence-electron chi connectivity index (χ1n) is 4.75. The molecule has 5 heteroatoms. The third-order valence-corrected chi connectivity index (χ3v) is 2.04. The number of nitrogens with zero attached hydrogens (tertiary/aromatic N) is 2. The molecular weight excluding hydrogens is 196 g/mol. The molecule has 1 aromatic rings. The Morgan fingerprint density at radius 1 is 1.60 bits per heavy atom. The Kier molecular flexibility index (Phi) is 3.14. The average molecular weight is 212 g/mol. The number of carbonyl (C=O) groups is 1. The summed E-state index contributed by atoms with van der Waals surface area (Å²) in [6.45, 7) is 5.94. The molecule has 0 spiro atoms. The van der Waals surface area contributed by atoms with Crippen LogP contribution in [0.5, 0.6) is 0 Å². The standard InChI is InChI=1S/C10H16N2O3/c1-10(2,3)12-6-7(5-11-12)8(13)4-9(14)15/h5-6,8,13H,4H2,1-3H3,(H,14,15)/t8-/m1/s1. The van der Waals surface area contributed by atoms with Crippen molar-refractivity contribution in [3.05, 3.63) is 18.0 Å². The van der Waals surface area contributed by atoms with E-state index in [1.54, 1.807) is 10.9 Å². The molecule has 0 amide bonds. The van der Waals surface area contributed by atoms with Gasteiger partial charge < -0.3 is 10.2 Å². The summed E-state index contributed by atoms with van der Waals surface area (Å²) in [7, 11) is 0. The number of rotatable bonds is 3. The van der Waals surface area contributed by atoms with Gasteiger partial charge in [-0.1, -0.05) is 0 Å². The van der Waals surface area contributed by atoms with E-state index in [1.807, 2.05) is 20.8 Å². The fraction of sp³-hybridized carbons (Fsp3) is 0.600. The van der Waals surface area contributed by atoms with E-state index in [2.05, 4.69) is 5.10 Å². The van der Waals surface area contributed by atoms with Crippen LogP contribution in [0.3, 0.4) is 0 Å². The average Bonchev–Trinajstić information content (AvgIpc) is 2.48. The minimum Gasteiger partial charge on any atom is -0.481 e. The van der Waals surface area contributed by atoms with Crippen LogP contribution >= 0.6 is 0 Å². The lowest BCUT2D eigenvalue weighted by atomic mass is 10.1. The molecule has 1 aromatic heterocycles. The molecule has 0 radical (unpaired) electrons. The normalized spacial score (nSPS) is 13.9. The van der Waals surface area contributed by atoms with Crippen LogP contribution in [-0.2, 0) is 10.3 Å². The van der Waals surface area contributed by atoms with Crippen LogP contribution in [0.2, 0.25) is 0 Å². The molecule has 2 N–H and O–H groups in total. The Hall–Kier alpha value is -1.36. The fourth-order valence-electron chi connectivity index (χ4n) is 1.16. The number of carboxylic acid groups (broad SMARTS) is 1. The van der Waals surface area contributed by atoms with Crippen LogP contribution in [0.15, 0.2) is 12.4 Å². The van der Waals surface area contributed by atoms with Crippen LogP contribution in [0.1, 0.15) is 38.9 Å². The highest BCUT2D eigenvalue weighted by Gasteiger charge is 2.18. The third kappa shape index (κ3) is 3.06. The zero-order chi connectivity index (χ0) is 11.6. The van der Waals surface area contributed by atoms with Crippen molar-refractivity contribution in [2.24, 2.45) is 0 Å². The quantitative estimate of drug-likeness (QED) is 0.788. The lowest BCUT2D eigenvalue weighted by Gasteiger charge is -2.18. The fourth-order valence-corrected chi connectivity index (χ4v) is 1.16. The van der Waals surface area contributed by atoms with Crippen molar-refractivity contribution in [2.75, 3.05) is 0 Å². The molecule has 84 valence electrons. The Labute approximate surface area is 88.3 Å². The minimum atomic E-state index is -1.02. The highest BCUT2D eigenvalue weighted by molar-refractivity contribution is 5.67. The molecule has 0 unspecified atom stereocenters. The highest BCUT2D eigenvalue weighted by Crippen LogP contribution is 2.19. The summed E-state index contributed by atoms with van der Waals surface area (Å²) in [5.41, 5.74) is 0.369. The molecule has 0 fully saturated rings. The summed E-state index contributed by atoms with van der Waals surface area (Å²) in [5.74, 6) is -1.02. The zero-order valence-electron chi connectivity index (χ0n) is 9.14. The first kappa shape index (κ1) is 11.7. The second-order valence-corrected chi connectivity index (χ2v) is 4.50. The summed E-state index contributed by atoms with van der Waals surface area (Å²) in [6.07, 6.45) is 1.89. The van der Waals surface area contributed by atoms with Crippen molar-refractivity contribution in [3.63, 3.8) is 0 Å². The predicted octanol–water partition coefficient (Wildman–Crippen LogP) is 1.15. The summed E-state index contributed by atoms with van der Waals surface area (Å²) in [5, 5.41) is 22.1. The number of aliphatic hydroxyl groups is 1. The number of hydrogen-bond donors (Lipinski definition) is 2. The van der Waals surface area contributed by atoms with Crippen molar-refractivity contribution in [3.8, 4) is 0 Å². The molecule has 0 aliphatic carbocycles. The largest absolute Gasteiger partial charge is 0.481 e. The molecular formula is C10H16N2O3. The van der Waals surface area contributed by atoms with Gasteiger partial charge in [0.1, 0.15) is 0 Å². The maximum absolute atomic E-state index is 10.4. The number of hydrogen-bond acceptors (Lipinski definition) is 3. The van der Waals surface area contributed by atoms with Gasteiger partial charge in [0.25, 0.3) is 0 Å².